The maximum atomic E-state index is 13.1. The van der Waals surface area contributed by atoms with Gasteiger partial charge in [0, 0.05) is 19.8 Å². The number of amides is 3. The normalized spacial score (nSPS) is 20.7. The highest BCUT2D eigenvalue weighted by atomic mass is 32.2. The maximum Gasteiger partial charge on any atom is 0.358 e. The van der Waals surface area contributed by atoms with Gasteiger partial charge in [-0.15, -0.1) is 0 Å². The van der Waals surface area contributed by atoms with Crippen molar-refractivity contribution in [2.24, 2.45) is 4.99 Å². The van der Waals surface area contributed by atoms with E-state index in [9.17, 15) is 14.0 Å². The smallest absolute Gasteiger partial charge is 0.269 e. The molecule has 3 rings (SSSR count). The van der Waals surface area contributed by atoms with Gasteiger partial charge in [0.25, 0.3) is 17.8 Å². The van der Waals surface area contributed by atoms with Gasteiger partial charge in [0.2, 0.25) is 0 Å². The third kappa shape index (κ3) is 2.71. The molecule has 24 heavy (non-hydrogen) atoms. The Kier molecular flexibility index (Phi) is 4.40. The number of carbonyl (C=O) groups excluding carboxylic acids is 2. The molecule has 126 valence electrons. The first-order valence-electron chi connectivity index (χ1n) is 7.58. The van der Waals surface area contributed by atoms with Gasteiger partial charge >= 0.3 is 11.2 Å². The Morgan fingerprint density at radius 1 is 1.21 bits per heavy atom. The van der Waals surface area contributed by atoms with Crippen molar-refractivity contribution in [2.45, 2.75) is 19.5 Å². The standard InChI is InChI=1S/C16H18FN4O2S/c1-4-24-15-18-13-12(14(22)20(3)16(23)19(13)2)21(15)9-10-5-7-11(17)8-6-10/h5-8,12H,4,9H2,1-3H3/q+1. The zero-order chi connectivity index (χ0) is 17.4. The number of imide groups is 1. The number of hydrogen-bond donors (Lipinski definition) is 0. The zero-order valence-electron chi connectivity index (χ0n) is 13.7. The number of thioether (sulfide) groups is 1. The Hall–Kier alpha value is -2.22. The number of carbonyl (C=O) groups is 2. The molecule has 1 fully saturated rings. The van der Waals surface area contributed by atoms with Crippen molar-refractivity contribution in [1.29, 1.82) is 0 Å². The fraction of sp³-hybridized carbons (Fsp3) is 0.375. The van der Waals surface area contributed by atoms with Gasteiger partial charge in [0.15, 0.2) is 0 Å². The number of aliphatic imine (C=N–C) groups is 1. The van der Waals surface area contributed by atoms with Crippen molar-refractivity contribution in [3.8, 4) is 0 Å². The second-order valence-corrected chi connectivity index (χ2v) is 6.81. The highest BCUT2D eigenvalue weighted by Gasteiger charge is 2.53. The molecule has 2 aliphatic heterocycles. The number of likely N-dealkylation sites (N-methyl/N-ethyl adjacent to an activating group) is 2. The van der Waals surface area contributed by atoms with E-state index >= 15 is 0 Å². The zero-order valence-corrected chi connectivity index (χ0v) is 14.5. The van der Waals surface area contributed by atoms with Gasteiger partial charge < -0.3 is 0 Å². The van der Waals surface area contributed by atoms with E-state index < -0.39 is 6.04 Å². The highest BCUT2D eigenvalue weighted by molar-refractivity contribution is 8.13. The molecule has 1 aromatic rings. The molecule has 0 aromatic heterocycles. The van der Waals surface area contributed by atoms with E-state index in [0.29, 0.717) is 17.5 Å². The number of nitrogens with zero attached hydrogens (tertiary/aromatic N) is 4. The SMILES string of the molecule is CCSC1=[N+](Cc2ccc(F)cc2)C2C(=O)N(C)C(=O)N(C)C2=N1. The van der Waals surface area contributed by atoms with Gasteiger partial charge in [-0.1, -0.05) is 19.1 Å². The molecule has 1 unspecified atom stereocenters. The summed E-state index contributed by atoms with van der Waals surface area (Å²) in [5.41, 5.74) is 0.872. The van der Waals surface area contributed by atoms with Crippen molar-refractivity contribution < 1.29 is 18.6 Å². The highest BCUT2D eigenvalue weighted by Crippen LogP contribution is 2.24. The van der Waals surface area contributed by atoms with Crippen LogP contribution in [0.15, 0.2) is 29.3 Å². The topological polar surface area (TPSA) is 56.0 Å². The van der Waals surface area contributed by atoms with Gasteiger partial charge in [0.1, 0.15) is 12.4 Å². The fourth-order valence-electron chi connectivity index (χ4n) is 2.77. The van der Waals surface area contributed by atoms with Crippen molar-refractivity contribution >= 4 is 34.7 Å². The largest absolute Gasteiger partial charge is 0.358 e. The van der Waals surface area contributed by atoms with E-state index in [2.05, 4.69) is 4.99 Å². The Morgan fingerprint density at radius 2 is 1.88 bits per heavy atom. The molecule has 3 amide bonds. The summed E-state index contributed by atoms with van der Waals surface area (Å²) >= 11 is 1.51. The predicted octanol–water partition coefficient (Wildman–Crippen LogP) is 1.75. The number of amidine groups is 2. The molecule has 8 heteroatoms. The molecule has 0 spiro atoms. The molecule has 2 heterocycles. The first kappa shape index (κ1) is 16.6. The van der Waals surface area contributed by atoms with Crippen LogP contribution in [0.3, 0.4) is 0 Å². The Balaban J connectivity index is 1.99. The first-order valence-corrected chi connectivity index (χ1v) is 8.57. The lowest BCUT2D eigenvalue weighted by Gasteiger charge is -2.30. The average molecular weight is 349 g/mol. The van der Waals surface area contributed by atoms with Crippen LogP contribution in [0.25, 0.3) is 0 Å². The molecule has 1 saturated heterocycles. The molecule has 6 nitrogen and oxygen atoms in total. The Labute approximate surface area is 143 Å². The van der Waals surface area contributed by atoms with Gasteiger partial charge in [-0.3, -0.25) is 14.6 Å². The van der Waals surface area contributed by atoms with E-state index in [1.165, 1.54) is 35.8 Å². The van der Waals surface area contributed by atoms with Gasteiger partial charge in [0.05, 0.1) is 0 Å². The molecular weight excluding hydrogens is 331 g/mol. The third-order valence-electron chi connectivity index (χ3n) is 4.03. The van der Waals surface area contributed by atoms with Crippen LogP contribution < -0.4 is 0 Å². The first-order chi connectivity index (χ1) is 11.4. The van der Waals surface area contributed by atoms with Crippen LogP contribution >= 0.6 is 11.8 Å². The summed E-state index contributed by atoms with van der Waals surface area (Å²) in [5.74, 6) is 0.635. The van der Waals surface area contributed by atoms with Crippen molar-refractivity contribution in [3.63, 3.8) is 0 Å². The lowest BCUT2D eigenvalue weighted by Crippen LogP contribution is -2.61. The van der Waals surface area contributed by atoms with Crippen LogP contribution in [-0.4, -0.2) is 63.2 Å². The Morgan fingerprint density at radius 3 is 2.50 bits per heavy atom. The minimum absolute atomic E-state index is 0.300. The lowest BCUT2D eigenvalue weighted by molar-refractivity contribution is -0.548. The molecule has 1 aromatic carbocycles. The van der Waals surface area contributed by atoms with Crippen LogP contribution in [0.5, 0.6) is 0 Å². The Bertz CT molecular complexity index is 760. The second kappa shape index (κ2) is 6.35. The number of hydrogen-bond acceptors (Lipinski definition) is 4. The van der Waals surface area contributed by atoms with Crippen molar-refractivity contribution in [1.82, 2.24) is 9.80 Å². The van der Waals surface area contributed by atoms with E-state index in [1.54, 1.807) is 19.2 Å². The summed E-state index contributed by atoms with van der Waals surface area (Å²) < 4.78 is 15.0. The molecule has 0 N–H and O–H groups in total. The van der Waals surface area contributed by atoms with E-state index in [4.69, 9.17) is 0 Å². The summed E-state index contributed by atoms with van der Waals surface area (Å²) in [4.78, 5) is 31.8. The van der Waals surface area contributed by atoms with E-state index in [-0.39, 0.29) is 17.8 Å². The minimum Gasteiger partial charge on any atom is -0.269 e. The minimum atomic E-state index is -0.628. The van der Waals surface area contributed by atoms with Crippen LogP contribution in [0.4, 0.5) is 9.18 Å². The van der Waals surface area contributed by atoms with Crippen LogP contribution in [0, 0.1) is 5.82 Å². The number of urea groups is 1. The fourth-order valence-corrected chi connectivity index (χ4v) is 3.52. The van der Waals surface area contributed by atoms with E-state index in [1.807, 2.05) is 11.5 Å². The molecule has 1 atom stereocenters. The lowest BCUT2D eigenvalue weighted by atomic mass is 10.1. The molecular formula is C16H18FN4O2S+. The van der Waals surface area contributed by atoms with Crippen molar-refractivity contribution in [2.75, 3.05) is 19.8 Å². The van der Waals surface area contributed by atoms with Crippen molar-refractivity contribution in [3.05, 3.63) is 35.6 Å². The summed E-state index contributed by atoms with van der Waals surface area (Å²) in [5, 5.41) is 0.699. The number of halogens is 1. The average Bonchev–Trinajstić information content (AvgIpc) is 2.92. The van der Waals surface area contributed by atoms with Gasteiger partial charge in [-0.25, -0.2) is 13.8 Å². The molecule has 0 bridgehead atoms. The molecule has 0 saturated carbocycles. The number of rotatable bonds is 3. The van der Waals surface area contributed by atoms with Gasteiger partial charge in [-0.2, -0.15) is 0 Å². The third-order valence-corrected chi connectivity index (χ3v) is 4.91. The molecule has 0 aliphatic carbocycles. The summed E-state index contributed by atoms with van der Waals surface area (Å²) in [6.07, 6.45) is 0. The van der Waals surface area contributed by atoms with Crippen LogP contribution in [0.2, 0.25) is 0 Å². The summed E-state index contributed by atoms with van der Waals surface area (Å²) in [7, 11) is 3.09. The van der Waals surface area contributed by atoms with Gasteiger partial charge in [-0.05, 0) is 34.5 Å². The second-order valence-electron chi connectivity index (χ2n) is 5.58. The number of benzene rings is 1. The summed E-state index contributed by atoms with van der Waals surface area (Å²) in [6, 6.07) is 5.14. The van der Waals surface area contributed by atoms with Crippen LogP contribution in [0.1, 0.15) is 12.5 Å². The van der Waals surface area contributed by atoms with E-state index in [0.717, 1.165) is 16.2 Å². The van der Waals surface area contributed by atoms with Crippen LogP contribution in [-0.2, 0) is 11.3 Å². The molecule has 2 aliphatic rings. The monoisotopic (exact) mass is 349 g/mol. The maximum absolute atomic E-state index is 13.1. The number of fused-ring (bicyclic) bond motifs is 1. The molecule has 0 radical (unpaired) electrons. The summed E-state index contributed by atoms with van der Waals surface area (Å²) in [6.45, 7) is 2.42. The quantitative estimate of drug-likeness (QED) is 0.782. The predicted molar refractivity (Wildman–Crippen MR) is 90.7 cm³/mol.